The van der Waals surface area contributed by atoms with Gasteiger partial charge < -0.3 is 24.6 Å². The molecule has 29 heavy (non-hydrogen) atoms. The summed E-state index contributed by atoms with van der Waals surface area (Å²) in [7, 11) is 3.39. The molecule has 0 bridgehead atoms. The highest BCUT2D eigenvalue weighted by molar-refractivity contribution is 14.0. The van der Waals surface area contributed by atoms with Crippen molar-refractivity contribution in [2.75, 3.05) is 27.2 Å². The van der Waals surface area contributed by atoms with Crippen molar-refractivity contribution < 1.29 is 14.0 Å². The maximum absolute atomic E-state index is 5.90. The molecular weight excluding hydrogens is 485 g/mol. The van der Waals surface area contributed by atoms with Crippen molar-refractivity contribution in [3.05, 3.63) is 36.0 Å². The lowest BCUT2D eigenvalue weighted by Crippen LogP contribution is -2.42. The number of hydrogen-bond acceptors (Lipinski definition) is 6. The molecule has 0 aliphatic heterocycles. The van der Waals surface area contributed by atoms with Gasteiger partial charge in [-0.1, -0.05) is 25.1 Å². The molecule has 0 amide bonds. The zero-order valence-corrected chi connectivity index (χ0v) is 20.1. The highest BCUT2D eigenvalue weighted by Crippen LogP contribution is 2.19. The van der Waals surface area contributed by atoms with Crippen LogP contribution in [0.4, 0.5) is 0 Å². The van der Waals surface area contributed by atoms with Gasteiger partial charge in [0, 0.05) is 32.0 Å². The molecule has 0 aliphatic rings. The van der Waals surface area contributed by atoms with Crippen LogP contribution in [0.25, 0.3) is 0 Å². The fraction of sp³-hybridized carbons (Fsp3) is 0.550. The van der Waals surface area contributed by atoms with E-state index in [1.54, 1.807) is 14.2 Å². The maximum Gasteiger partial charge on any atom is 0.226 e. The van der Waals surface area contributed by atoms with E-state index in [9.17, 15) is 0 Å². The van der Waals surface area contributed by atoms with Gasteiger partial charge in [-0.2, -0.15) is 4.98 Å². The highest BCUT2D eigenvalue weighted by Gasteiger charge is 2.10. The Hall–Kier alpha value is -2.04. The van der Waals surface area contributed by atoms with Crippen LogP contribution in [0.5, 0.6) is 11.5 Å². The van der Waals surface area contributed by atoms with Crippen LogP contribution in [0.1, 0.15) is 44.8 Å². The lowest BCUT2D eigenvalue weighted by molar-refractivity contribution is 0.223. The molecule has 162 valence electrons. The first-order valence-electron chi connectivity index (χ1n) is 9.59. The molecular formula is C20H32IN5O3. The average Bonchev–Trinajstić information content (AvgIpc) is 3.17. The Morgan fingerprint density at radius 1 is 1.21 bits per heavy atom. The van der Waals surface area contributed by atoms with Gasteiger partial charge in [0.05, 0.1) is 13.7 Å². The van der Waals surface area contributed by atoms with Crippen molar-refractivity contribution in [3.63, 3.8) is 0 Å². The molecule has 1 aromatic carbocycles. The molecule has 1 atom stereocenters. The van der Waals surface area contributed by atoms with E-state index in [1.807, 2.05) is 45.0 Å². The second-order valence-electron chi connectivity index (χ2n) is 6.79. The van der Waals surface area contributed by atoms with Crippen LogP contribution >= 0.6 is 24.0 Å². The van der Waals surface area contributed by atoms with Gasteiger partial charge in [0.25, 0.3) is 0 Å². The Bertz CT molecular complexity index is 751. The molecule has 2 aromatic rings. The third kappa shape index (κ3) is 8.88. The monoisotopic (exact) mass is 517 g/mol. The lowest BCUT2D eigenvalue weighted by atomic mass is 10.2. The minimum Gasteiger partial charge on any atom is -0.497 e. The van der Waals surface area contributed by atoms with E-state index < -0.39 is 0 Å². The Morgan fingerprint density at radius 3 is 2.62 bits per heavy atom. The summed E-state index contributed by atoms with van der Waals surface area (Å²) in [6.45, 7) is 7.47. The van der Waals surface area contributed by atoms with Gasteiger partial charge in [-0.15, -0.1) is 24.0 Å². The third-order valence-corrected chi connectivity index (χ3v) is 4.02. The van der Waals surface area contributed by atoms with Crippen LogP contribution in [0.3, 0.4) is 0 Å². The number of nitrogens with zero attached hydrogens (tertiary/aromatic N) is 3. The van der Waals surface area contributed by atoms with Gasteiger partial charge in [0.2, 0.25) is 5.89 Å². The fourth-order valence-electron chi connectivity index (χ4n) is 2.46. The van der Waals surface area contributed by atoms with Crippen LogP contribution in [-0.4, -0.2) is 49.5 Å². The van der Waals surface area contributed by atoms with Gasteiger partial charge in [-0.05, 0) is 25.5 Å². The quantitative estimate of drug-likeness (QED) is 0.216. The molecule has 0 radical (unpaired) electrons. The normalized spacial score (nSPS) is 12.3. The van der Waals surface area contributed by atoms with Crippen molar-refractivity contribution in [2.24, 2.45) is 4.99 Å². The molecule has 0 spiro atoms. The van der Waals surface area contributed by atoms with E-state index in [0.717, 1.165) is 42.7 Å². The van der Waals surface area contributed by atoms with Gasteiger partial charge in [0.15, 0.2) is 11.8 Å². The summed E-state index contributed by atoms with van der Waals surface area (Å²) in [5, 5.41) is 10.5. The van der Waals surface area contributed by atoms with Crippen molar-refractivity contribution in [1.82, 2.24) is 20.8 Å². The average molecular weight is 517 g/mol. The minimum absolute atomic E-state index is 0. The number of hydrogen-bond donors (Lipinski definition) is 2. The number of aliphatic imine (C=N–C) groups is 1. The van der Waals surface area contributed by atoms with Crippen molar-refractivity contribution in [1.29, 1.82) is 0 Å². The van der Waals surface area contributed by atoms with E-state index >= 15 is 0 Å². The zero-order valence-electron chi connectivity index (χ0n) is 17.8. The van der Waals surface area contributed by atoms with E-state index in [0.29, 0.717) is 12.4 Å². The molecule has 8 nitrogen and oxygen atoms in total. The number of guanidine groups is 1. The zero-order chi connectivity index (χ0) is 20.4. The summed E-state index contributed by atoms with van der Waals surface area (Å²) in [6, 6.07) is 7.57. The van der Waals surface area contributed by atoms with Crippen LogP contribution < -0.4 is 20.1 Å². The topological polar surface area (TPSA) is 93.8 Å². The molecule has 1 aromatic heterocycles. The maximum atomic E-state index is 5.90. The summed E-state index contributed by atoms with van der Waals surface area (Å²) in [5.41, 5.74) is 0. The first kappa shape index (κ1) is 25.0. The van der Waals surface area contributed by atoms with E-state index in [2.05, 4.69) is 25.8 Å². The Kier molecular flexibility index (Phi) is 11.4. The summed E-state index contributed by atoms with van der Waals surface area (Å²) in [6.07, 6.45) is 1.58. The van der Waals surface area contributed by atoms with Gasteiger partial charge in [-0.3, -0.25) is 4.99 Å². The minimum atomic E-state index is -0.0292. The van der Waals surface area contributed by atoms with E-state index in [4.69, 9.17) is 14.0 Å². The predicted octanol–water partition coefficient (Wildman–Crippen LogP) is 3.38. The number of aryl methyl sites for hydroxylation is 1. The second-order valence-corrected chi connectivity index (χ2v) is 6.79. The molecule has 0 saturated carbocycles. The first-order chi connectivity index (χ1) is 13.5. The van der Waals surface area contributed by atoms with E-state index in [-0.39, 0.29) is 36.0 Å². The fourth-order valence-corrected chi connectivity index (χ4v) is 2.46. The number of benzene rings is 1. The number of methoxy groups -OCH3 is 1. The smallest absolute Gasteiger partial charge is 0.226 e. The van der Waals surface area contributed by atoms with Gasteiger partial charge in [-0.25, -0.2) is 0 Å². The van der Waals surface area contributed by atoms with Crippen LogP contribution in [-0.2, 0) is 6.42 Å². The summed E-state index contributed by atoms with van der Waals surface area (Å²) < 4.78 is 16.4. The number of aromatic nitrogens is 2. The SMILES string of the molecule is CN=C(NCCCc1nc(C(C)C)no1)NCC(C)Oc1cccc(OC)c1.I. The van der Waals surface area contributed by atoms with Crippen molar-refractivity contribution in [2.45, 2.75) is 45.6 Å². The number of nitrogens with one attached hydrogen (secondary N) is 2. The summed E-state index contributed by atoms with van der Waals surface area (Å²) in [4.78, 5) is 8.62. The highest BCUT2D eigenvalue weighted by atomic mass is 127. The predicted molar refractivity (Wildman–Crippen MR) is 125 cm³/mol. The van der Waals surface area contributed by atoms with Crippen LogP contribution in [0.15, 0.2) is 33.8 Å². The van der Waals surface area contributed by atoms with E-state index in [1.165, 1.54) is 0 Å². The number of ether oxygens (including phenoxy) is 2. The first-order valence-corrected chi connectivity index (χ1v) is 9.59. The lowest BCUT2D eigenvalue weighted by Gasteiger charge is -2.18. The Morgan fingerprint density at radius 2 is 1.97 bits per heavy atom. The number of rotatable bonds is 10. The summed E-state index contributed by atoms with van der Waals surface area (Å²) >= 11 is 0. The molecule has 1 heterocycles. The molecule has 1 unspecified atom stereocenters. The van der Waals surface area contributed by atoms with Crippen molar-refractivity contribution in [3.8, 4) is 11.5 Å². The molecule has 2 N–H and O–H groups in total. The van der Waals surface area contributed by atoms with Gasteiger partial charge in [0.1, 0.15) is 17.6 Å². The standard InChI is InChI=1S/C20H31N5O3.HI/c1-14(2)19-24-18(28-25-19)10-7-11-22-20(21-4)23-13-15(3)27-17-9-6-8-16(12-17)26-5;/h6,8-9,12,14-15H,7,10-11,13H2,1-5H3,(H2,21,22,23);1H. The van der Waals surface area contributed by atoms with Crippen LogP contribution in [0.2, 0.25) is 0 Å². The largest absolute Gasteiger partial charge is 0.497 e. The Balaban J connectivity index is 0.00000420. The second kappa shape index (κ2) is 13.2. The number of halogens is 1. The molecule has 2 rings (SSSR count). The Labute approximate surface area is 189 Å². The molecule has 0 fully saturated rings. The van der Waals surface area contributed by atoms with Crippen LogP contribution in [0, 0.1) is 0 Å². The van der Waals surface area contributed by atoms with Gasteiger partial charge >= 0.3 is 0 Å². The molecule has 0 saturated heterocycles. The molecule has 0 aliphatic carbocycles. The van der Waals surface area contributed by atoms with Crippen molar-refractivity contribution >= 4 is 29.9 Å². The molecule has 9 heteroatoms. The summed E-state index contributed by atoms with van der Waals surface area (Å²) in [5.74, 6) is 3.99. The third-order valence-electron chi connectivity index (χ3n) is 4.02.